The number of carboxylic acid groups (broad SMARTS) is 1. The zero-order chi connectivity index (χ0) is 22.6. The molecule has 0 aromatic heterocycles. The second kappa shape index (κ2) is 13.9. The van der Waals surface area contributed by atoms with Crippen LogP contribution in [-0.2, 0) is 19.2 Å². The molecule has 0 saturated heterocycles. The van der Waals surface area contributed by atoms with Crippen LogP contribution in [0.4, 0.5) is 0 Å². The van der Waals surface area contributed by atoms with Gasteiger partial charge >= 0.3 is 5.97 Å². The molecule has 8 N–H and O–H groups in total. The summed E-state index contributed by atoms with van der Waals surface area (Å²) in [6.07, 6.45) is 1.84. The van der Waals surface area contributed by atoms with E-state index in [9.17, 15) is 24.3 Å². The van der Waals surface area contributed by atoms with E-state index in [1.54, 1.807) is 13.8 Å². The molecule has 29 heavy (non-hydrogen) atoms. The fraction of sp³-hybridized carbons (Fsp3) is 0.789. The SMILES string of the molecule is CC(C)C[C@H](NC(=O)CN)C(=O)N[C@H](C(=O)N[C@@H](CCCCN)C(=O)O)C(C)C. The number of amides is 3. The molecule has 0 aromatic rings. The first-order valence-corrected chi connectivity index (χ1v) is 10.1. The van der Waals surface area contributed by atoms with Crippen molar-refractivity contribution in [3.8, 4) is 0 Å². The molecule has 0 saturated carbocycles. The lowest BCUT2D eigenvalue weighted by Gasteiger charge is -2.27. The molecule has 0 unspecified atom stereocenters. The number of hydrogen-bond donors (Lipinski definition) is 6. The van der Waals surface area contributed by atoms with E-state index in [1.165, 1.54) is 0 Å². The Morgan fingerprint density at radius 2 is 1.48 bits per heavy atom. The molecular weight excluding hydrogens is 378 g/mol. The van der Waals surface area contributed by atoms with Gasteiger partial charge in [-0.1, -0.05) is 27.7 Å². The van der Waals surface area contributed by atoms with Crippen molar-refractivity contribution in [3.05, 3.63) is 0 Å². The van der Waals surface area contributed by atoms with Gasteiger partial charge in [0.15, 0.2) is 0 Å². The molecule has 0 aliphatic heterocycles. The zero-order valence-corrected chi connectivity index (χ0v) is 17.9. The normalized spacial score (nSPS) is 14.2. The maximum Gasteiger partial charge on any atom is 0.326 e. The summed E-state index contributed by atoms with van der Waals surface area (Å²) in [7, 11) is 0. The van der Waals surface area contributed by atoms with E-state index in [4.69, 9.17) is 11.5 Å². The fourth-order valence-corrected chi connectivity index (χ4v) is 2.76. The van der Waals surface area contributed by atoms with Crippen molar-refractivity contribution in [2.45, 2.75) is 71.5 Å². The van der Waals surface area contributed by atoms with Crippen LogP contribution in [0.15, 0.2) is 0 Å². The number of unbranched alkanes of at least 4 members (excludes halogenated alkanes) is 1. The summed E-state index contributed by atoms with van der Waals surface area (Å²) in [5.41, 5.74) is 10.7. The standard InChI is InChI=1S/C19H37N5O5/c1-11(2)9-14(22-15(25)10-21)17(26)24-16(12(3)4)18(27)23-13(19(28)29)7-5-6-8-20/h11-14,16H,5-10,20-21H2,1-4H3,(H,22,25)(H,23,27)(H,24,26)(H,28,29)/t13-,14-,16-/m0/s1. The van der Waals surface area contributed by atoms with Gasteiger partial charge in [-0.05, 0) is 44.1 Å². The van der Waals surface area contributed by atoms with Crippen molar-refractivity contribution < 1.29 is 24.3 Å². The van der Waals surface area contributed by atoms with Gasteiger partial charge in [0.2, 0.25) is 17.7 Å². The van der Waals surface area contributed by atoms with Gasteiger partial charge < -0.3 is 32.5 Å². The van der Waals surface area contributed by atoms with E-state index in [-0.39, 0.29) is 24.8 Å². The predicted octanol–water partition coefficient (Wildman–Crippen LogP) is -0.685. The van der Waals surface area contributed by atoms with Crippen molar-refractivity contribution in [1.29, 1.82) is 0 Å². The van der Waals surface area contributed by atoms with Gasteiger partial charge in [0.25, 0.3) is 0 Å². The van der Waals surface area contributed by atoms with E-state index >= 15 is 0 Å². The largest absolute Gasteiger partial charge is 0.480 e. The van der Waals surface area contributed by atoms with Crippen molar-refractivity contribution in [1.82, 2.24) is 16.0 Å². The van der Waals surface area contributed by atoms with Gasteiger partial charge in [-0.25, -0.2) is 4.79 Å². The summed E-state index contributed by atoms with van der Waals surface area (Å²) < 4.78 is 0. The lowest BCUT2D eigenvalue weighted by atomic mass is 9.99. The summed E-state index contributed by atoms with van der Waals surface area (Å²) in [6.45, 7) is 7.48. The number of aliphatic carboxylic acids is 1. The number of nitrogens with two attached hydrogens (primary N) is 2. The van der Waals surface area contributed by atoms with Crippen LogP contribution in [0, 0.1) is 11.8 Å². The van der Waals surface area contributed by atoms with Gasteiger partial charge in [-0.15, -0.1) is 0 Å². The molecule has 0 aromatic carbocycles. The molecule has 10 heteroatoms. The first-order valence-electron chi connectivity index (χ1n) is 10.1. The quantitative estimate of drug-likeness (QED) is 0.203. The average Bonchev–Trinajstić information content (AvgIpc) is 2.63. The first kappa shape index (κ1) is 26.8. The Hall–Kier alpha value is -2.20. The summed E-state index contributed by atoms with van der Waals surface area (Å²) >= 11 is 0. The Morgan fingerprint density at radius 1 is 0.862 bits per heavy atom. The second-order valence-corrected chi connectivity index (χ2v) is 7.87. The third-order valence-electron chi connectivity index (χ3n) is 4.35. The number of carboxylic acids is 1. The van der Waals surface area contributed by atoms with Gasteiger partial charge in [0.1, 0.15) is 18.1 Å². The minimum Gasteiger partial charge on any atom is -0.480 e. The van der Waals surface area contributed by atoms with E-state index in [0.29, 0.717) is 25.8 Å². The lowest BCUT2D eigenvalue weighted by Crippen LogP contribution is -2.57. The highest BCUT2D eigenvalue weighted by Crippen LogP contribution is 2.09. The molecule has 0 heterocycles. The molecule has 3 atom stereocenters. The Kier molecular flexibility index (Phi) is 12.8. The number of carbonyl (C=O) groups excluding carboxylic acids is 3. The highest BCUT2D eigenvalue weighted by molar-refractivity contribution is 5.93. The summed E-state index contributed by atoms with van der Waals surface area (Å²) in [5.74, 6) is -2.87. The minimum absolute atomic E-state index is 0.120. The van der Waals surface area contributed by atoms with Crippen LogP contribution < -0.4 is 27.4 Å². The van der Waals surface area contributed by atoms with Crippen molar-refractivity contribution in [2.75, 3.05) is 13.1 Å². The third-order valence-corrected chi connectivity index (χ3v) is 4.35. The van der Waals surface area contributed by atoms with Crippen molar-refractivity contribution in [3.63, 3.8) is 0 Å². The molecule has 3 amide bonds. The molecule has 0 bridgehead atoms. The molecular formula is C19H37N5O5. The predicted molar refractivity (Wildman–Crippen MR) is 110 cm³/mol. The maximum atomic E-state index is 12.7. The Bertz CT molecular complexity index is 553. The van der Waals surface area contributed by atoms with Gasteiger partial charge in [0, 0.05) is 0 Å². The second-order valence-electron chi connectivity index (χ2n) is 7.87. The topological polar surface area (TPSA) is 177 Å². The van der Waals surface area contributed by atoms with Crippen LogP contribution in [-0.4, -0.2) is 60.0 Å². The number of nitrogens with one attached hydrogen (secondary N) is 3. The first-order chi connectivity index (χ1) is 13.5. The molecule has 0 radical (unpaired) electrons. The van der Waals surface area contributed by atoms with E-state index < -0.39 is 41.8 Å². The van der Waals surface area contributed by atoms with E-state index in [2.05, 4.69) is 16.0 Å². The van der Waals surface area contributed by atoms with Crippen LogP contribution in [0.5, 0.6) is 0 Å². The molecule has 10 nitrogen and oxygen atoms in total. The molecule has 0 spiro atoms. The number of hydrogen-bond acceptors (Lipinski definition) is 6. The summed E-state index contributed by atoms with van der Waals surface area (Å²) in [5, 5.41) is 17.0. The third kappa shape index (κ3) is 10.8. The van der Waals surface area contributed by atoms with E-state index in [1.807, 2.05) is 13.8 Å². The molecule has 0 aliphatic carbocycles. The van der Waals surface area contributed by atoms with Gasteiger partial charge in [0.05, 0.1) is 6.54 Å². The Labute approximate surface area is 172 Å². The Morgan fingerprint density at radius 3 is 1.93 bits per heavy atom. The summed E-state index contributed by atoms with van der Waals surface area (Å²) in [4.78, 5) is 48.4. The highest BCUT2D eigenvalue weighted by Gasteiger charge is 2.31. The fourth-order valence-electron chi connectivity index (χ4n) is 2.76. The average molecular weight is 416 g/mol. The van der Waals surface area contributed by atoms with Crippen LogP contribution in [0.1, 0.15) is 53.4 Å². The van der Waals surface area contributed by atoms with Crippen LogP contribution >= 0.6 is 0 Å². The monoisotopic (exact) mass is 415 g/mol. The van der Waals surface area contributed by atoms with Gasteiger partial charge in [-0.3, -0.25) is 14.4 Å². The van der Waals surface area contributed by atoms with Crippen molar-refractivity contribution >= 4 is 23.7 Å². The van der Waals surface area contributed by atoms with Crippen molar-refractivity contribution in [2.24, 2.45) is 23.3 Å². The summed E-state index contributed by atoms with van der Waals surface area (Å²) in [6, 6.07) is -2.83. The highest BCUT2D eigenvalue weighted by atomic mass is 16.4. The zero-order valence-electron chi connectivity index (χ0n) is 17.9. The van der Waals surface area contributed by atoms with E-state index in [0.717, 1.165) is 0 Å². The molecule has 168 valence electrons. The number of carbonyl (C=O) groups is 4. The molecule has 0 aliphatic rings. The number of rotatable bonds is 14. The minimum atomic E-state index is -1.14. The lowest BCUT2D eigenvalue weighted by molar-refractivity contribution is -0.142. The molecule has 0 fully saturated rings. The Balaban J connectivity index is 5.20. The van der Waals surface area contributed by atoms with Crippen LogP contribution in [0.3, 0.4) is 0 Å². The van der Waals surface area contributed by atoms with Crippen LogP contribution in [0.2, 0.25) is 0 Å². The van der Waals surface area contributed by atoms with Crippen LogP contribution in [0.25, 0.3) is 0 Å². The van der Waals surface area contributed by atoms with Gasteiger partial charge in [-0.2, -0.15) is 0 Å². The smallest absolute Gasteiger partial charge is 0.326 e. The molecule has 0 rings (SSSR count). The maximum absolute atomic E-state index is 12.7.